The number of aromatic nitrogens is 1. The molecule has 0 bridgehead atoms. The lowest BCUT2D eigenvalue weighted by Crippen LogP contribution is -2.29. The number of urea groups is 1. The zero-order chi connectivity index (χ0) is 17.6. The van der Waals surface area contributed by atoms with Gasteiger partial charge in [-0.2, -0.15) is 0 Å². The van der Waals surface area contributed by atoms with Gasteiger partial charge in [-0.05, 0) is 36.4 Å². The first-order valence-electron chi connectivity index (χ1n) is 7.75. The molecule has 0 unspecified atom stereocenters. The Bertz CT molecular complexity index is 906. The molecule has 0 aliphatic carbocycles. The number of pyridine rings is 1. The number of carbonyl (C=O) groups is 2. The number of nitrogens with zero attached hydrogens (tertiary/aromatic N) is 1. The molecule has 1 aliphatic heterocycles. The molecule has 3 rings (SSSR count). The van der Waals surface area contributed by atoms with E-state index in [0.29, 0.717) is 13.1 Å². The molecule has 2 aromatic rings. The van der Waals surface area contributed by atoms with Crippen molar-refractivity contribution < 1.29 is 9.59 Å². The summed E-state index contributed by atoms with van der Waals surface area (Å²) in [6.07, 6.45) is 1.47. The van der Waals surface area contributed by atoms with Crippen LogP contribution in [0.5, 0.6) is 0 Å². The molecule has 1 saturated heterocycles. The van der Waals surface area contributed by atoms with Gasteiger partial charge in [-0.3, -0.25) is 14.5 Å². The van der Waals surface area contributed by atoms with E-state index >= 15 is 0 Å². The minimum absolute atomic E-state index is 0.0533. The van der Waals surface area contributed by atoms with Crippen molar-refractivity contribution in [2.75, 3.05) is 24.5 Å². The summed E-state index contributed by atoms with van der Waals surface area (Å²) < 4.78 is 0. The second kappa shape index (κ2) is 7.36. The van der Waals surface area contributed by atoms with Gasteiger partial charge in [-0.25, -0.2) is 4.79 Å². The van der Waals surface area contributed by atoms with Crippen LogP contribution in [0.25, 0.3) is 0 Å². The molecule has 7 nitrogen and oxygen atoms in total. The fourth-order valence-electron chi connectivity index (χ4n) is 2.41. The Morgan fingerprint density at radius 2 is 2.00 bits per heavy atom. The van der Waals surface area contributed by atoms with Gasteiger partial charge in [0.05, 0.1) is 6.54 Å². The molecular weight excluding hydrogens is 320 g/mol. The molecule has 1 aromatic carbocycles. The highest BCUT2D eigenvalue weighted by Crippen LogP contribution is 2.16. The number of hydrogen-bond donors (Lipinski definition) is 3. The molecule has 1 fully saturated rings. The van der Waals surface area contributed by atoms with E-state index in [0.717, 1.165) is 11.3 Å². The summed E-state index contributed by atoms with van der Waals surface area (Å²) in [6, 6.07) is 10.2. The monoisotopic (exact) mass is 336 g/mol. The molecule has 1 aliphatic rings. The first-order chi connectivity index (χ1) is 12.1. The van der Waals surface area contributed by atoms with E-state index < -0.39 is 11.5 Å². The third-order valence-electron chi connectivity index (χ3n) is 3.67. The number of hydrogen-bond acceptors (Lipinski definition) is 3. The molecule has 0 spiro atoms. The molecule has 0 radical (unpaired) electrons. The van der Waals surface area contributed by atoms with E-state index in [2.05, 4.69) is 27.5 Å². The first-order valence-corrected chi connectivity index (χ1v) is 7.75. The van der Waals surface area contributed by atoms with Crippen LogP contribution in [0.3, 0.4) is 0 Å². The van der Waals surface area contributed by atoms with E-state index in [4.69, 9.17) is 0 Å². The Morgan fingerprint density at radius 3 is 2.68 bits per heavy atom. The van der Waals surface area contributed by atoms with Crippen molar-refractivity contribution in [2.24, 2.45) is 0 Å². The summed E-state index contributed by atoms with van der Waals surface area (Å²) in [7, 11) is 0. The summed E-state index contributed by atoms with van der Waals surface area (Å²) in [5.41, 5.74) is 1.21. The van der Waals surface area contributed by atoms with Gasteiger partial charge < -0.3 is 15.6 Å². The molecule has 7 heteroatoms. The predicted molar refractivity (Wildman–Crippen MR) is 93.5 cm³/mol. The van der Waals surface area contributed by atoms with Crippen LogP contribution < -0.4 is 21.1 Å². The topological polar surface area (TPSA) is 94.3 Å². The van der Waals surface area contributed by atoms with Crippen molar-refractivity contribution >= 4 is 17.6 Å². The van der Waals surface area contributed by atoms with E-state index in [1.54, 1.807) is 11.0 Å². The van der Waals surface area contributed by atoms with Gasteiger partial charge in [0.2, 0.25) is 0 Å². The second-order valence-corrected chi connectivity index (χ2v) is 5.33. The molecular formula is C18H16N4O3. The highest BCUT2D eigenvalue weighted by Gasteiger charge is 2.20. The number of amides is 3. The van der Waals surface area contributed by atoms with Crippen LogP contribution in [0.1, 0.15) is 15.9 Å². The van der Waals surface area contributed by atoms with E-state index in [1.165, 1.54) is 12.3 Å². The van der Waals surface area contributed by atoms with Gasteiger partial charge in [-0.15, -0.1) is 0 Å². The third kappa shape index (κ3) is 3.87. The lowest BCUT2D eigenvalue weighted by atomic mass is 10.2. The van der Waals surface area contributed by atoms with Crippen molar-refractivity contribution in [3.05, 3.63) is 64.1 Å². The Balaban J connectivity index is 1.57. The second-order valence-electron chi connectivity index (χ2n) is 5.33. The Labute approximate surface area is 144 Å². The summed E-state index contributed by atoms with van der Waals surface area (Å²) in [6.45, 7) is 1.42. The molecule has 126 valence electrons. The summed E-state index contributed by atoms with van der Waals surface area (Å²) in [5.74, 6) is 5.29. The zero-order valence-electron chi connectivity index (χ0n) is 13.3. The first kappa shape index (κ1) is 16.3. The maximum atomic E-state index is 11.9. The number of anilines is 1. The lowest BCUT2D eigenvalue weighted by Gasteiger charge is -2.13. The fraction of sp³-hybridized carbons (Fsp3) is 0.167. The maximum absolute atomic E-state index is 11.9. The van der Waals surface area contributed by atoms with Gasteiger partial charge in [0, 0.05) is 30.5 Å². The van der Waals surface area contributed by atoms with E-state index in [1.807, 2.05) is 24.3 Å². The molecule has 0 saturated carbocycles. The SMILES string of the molecule is O=C(NCC#Cc1ccc(N2CCNC2=O)cc1)c1ccc[nH]c1=O. The minimum atomic E-state index is -0.466. The van der Waals surface area contributed by atoms with Gasteiger partial charge >= 0.3 is 6.03 Å². The number of H-pyrrole nitrogens is 1. The summed E-state index contributed by atoms with van der Waals surface area (Å²) >= 11 is 0. The highest BCUT2D eigenvalue weighted by atomic mass is 16.2. The molecule has 1 aromatic heterocycles. The molecule has 0 atom stereocenters. The maximum Gasteiger partial charge on any atom is 0.321 e. The van der Waals surface area contributed by atoms with Gasteiger partial charge in [0.25, 0.3) is 11.5 Å². The smallest absolute Gasteiger partial charge is 0.321 e. The highest BCUT2D eigenvalue weighted by molar-refractivity contribution is 5.94. The van der Waals surface area contributed by atoms with Crippen molar-refractivity contribution in [1.82, 2.24) is 15.6 Å². The number of carbonyl (C=O) groups excluding carboxylic acids is 2. The van der Waals surface area contributed by atoms with Crippen LogP contribution in [0.4, 0.5) is 10.5 Å². The van der Waals surface area contributed by atoms with Crippen LogP contribution in [0.15, 0.2) is 47.4 Å². The zero-order valence-corrected chi connectivity index (χ0v) is 13.3. The number of nitrogens with one attached hydrogen (secondary N) is 3. The van der Waals surface area contributed by atoms with Crippen LogP contribution in [0.2, 0.25) is 0 Å². The average Bonchev–Trinajstić information content (AvgIpc) is 3.05. The number of benzene rings is 1. The predicted octanol–water partition coefficient (Wildman–Crippen LogP) is 0.686. The van der Waals surface area contributed by atoms with Crippen LogP contribution in [-0.2, 0) is 0 Å². The van der Waals surface area contributed by atoms with Crippen LogP contribution >= 0.6 is 0 Å². The van der Waals surface area contributed by atoms with E-state index in [-0.39, 0.29) is 18.1 Å². The van der Waals surface area contributed by atoms with Crippen molar-refractivity contribution in [2.45, 2.75) is 0 Å². The number of rotatable bonds is 3. The molecule has 2 heterocycles. The largest absolute Gasteiger partial charge is 0.341 e. The van der Waals surface area contributed by atoms with Gasteiger partial charge in [-0.1, -0.05) is 11.8 Å². The molecule has 3 N–H and O–H groups in total. The standard InChI is InChI=1S/C18H16N4O3/c23-16(15-4-2-10-20-17(15)24)19-9-1-3-13-5-7-14(8-6-13)22-12-11-21-18(22)25/h2,4-8,10H,9,11-12H2,(H,19,23)(H,20,24)(H,21,25). The molecule has 25 heavy (non-hydrogen) atoms. The van der Waals surface area contributed by atoms with Crippen LogP contribution in [0, 0.1) is 11.8 Å². The Hall–Kier alpha value is -3.53. The van der Waals surface area contributed by atoms with Gasteiger partial charge in [0.15, 0.2) is 0 Å². The average molecular weight is 336 g/mol. The van der Waals surface area contributed by atoms with E-state index in [9.17, 15) is 14.4 Å². The number of aromatic amines is 1. The van der Waals surface area contributed by atoms with Crippen molar-refractivity contribution in [3.8, 4) is 11.8 Å². The lowest BCUT2D eigenvalue weighted by molar-refractivity contribution is 0.0957. The normalized spacial score (nSPS) is 13.0. The molecule has 3 amide bonds. The quantitative estimate of drug-likeness (QED) is 0.720. The Morgan fingerprint density at radius 1 is 1.20 bits per heavy atom. The van der Waals surface area contributed by atoms with Crippen LogP contribution in [-0.4, -0.2) is 36.6 Å². The van der Waals surface area contributed by atoms with Crippen molar-refractivity contribution in [1.29, 1.82) is 0 Å². The Kier molecular flexibility index (Phi) is 4.81. The van der Waals surface area contributed by atoms with Gasteiger partial charge in [0.1, 0.15) is 5.56 Å². The summed E-state index contributed by atoms with van der Waals surface area (Å²) in [5, 5.41) is 5.33. The minimum Gasteiger partial charge on any atom is -0.341 e. The fourth-order valence-corrected chi connectivity index (χ4v) is 2.41. The third-order valence-corrected chi connectivity index (χ3v) is 3.67. The van der Waals surface area contributed by atoms with Crippen molar-refractivity contribution in [3.63, 3.8) is 0 Å². The summed E-state index contributed by atoms with van der Waals surface area (Å²) in [4.78, 5) is 39.1.